The molecule has 0 unspecified atom stereocenters. The molecule has 2 aromatic rings. The molecule has 8 nitrogen and oxygen atoms in total. The van der Waals surface area contributed by atoms with Crippen LogP contribution >= 0.6 is 0 Å². The fourth-order valence-electron chi connectivity index (χ4n) is 4.15. The number of benzene rings is 1. The number of aliphatic hydroxyl groups excluding tert-OH is 1. The second kappa shape index (κ2) is 10.6. The Kier molecular flexibility index (Phi) is 7.36. The van der Waals surface area contributed by atoms with Crippen molar-refractivity contribution in [1.82, 2.24) is 14.8 Å². The predicted molar refractivity (Wildman–Crippen MR) is 123 cm³/mol. The summed E-state index contributed by atoms with van der Waals surface area (Å²) in [4.78, 5) is 34.0. The van der Waals surface area contributed by atoms with Crippen LogP contribution in [0.1, 0.15) is 30.5 Å². The van der Waals surface area contributed by atoms with Gasteiger partial charge in [-0.05, 0) is 42.3 Å². The van der Waals surface area contributed by atoms with Crippen LogP contribution in [-0.4, -0.2) is 77.6 Å². The summed E-state index contributed by atoms with van der Waals surface area (Å²) < 4.78 is 11.0. The lowest BCUT2D eigenvalue weighted by Gasteiger charge is -2.30. The second-order valence-electron chi connectivity index (χ2n) is 8.11. The minimum Gasteiger partial charge on any atom is -0.507 e. The minimum atomic E-state index is -0.698. The zero-order chi connectivity index (χ0) is 23.2. The lowest BCUT2D eigenvalue weighted by molar-refractivity contribution is -0.140. The predicted octanol–water partition coefficient (Wildman–Crippen LogP) is 2.62. The molecule has 1 atom stereocenters. The Balaban J connectivity index is 1.66. The Labute approximate surface area is 193 Å². The van der Waals surface area contributed by atoms with E-state index in [0.29, 0.717) is 49.8 Å². The van der Waals surface area contributed by atoms with Gasteiger partial charge in [0.05, 0.1) is 31.4 Å². The van der Waals surface area contributed by atoms with Crippen molar-refractivity contribution in [3.05, 3.63) is 65.5 Å². The number of ether oxygens (including phenoxy) is 2. The number of pyridine rings is 1. The quantitative estimate of drug-likeness (QED) is 0.375. The summed E-state index contributed by atoms with van der Waals surface area (Å²) >= 11 is 0. The lowest BCUT2D eigenvalue weighted by atomic mass is 9.96. The first-order valence-electron chi connectivity index (χ1n) is 11.3. The van der Waals surface area contributed by atoms with E-state index >= 15 is 0 Å². The highest BCUT2D eigenvalue weighted by Crippen LogP contribution is 2.39. The van der Waals surface area contributed by atoms with Gasteiger partial charge in [0, 0.05) is 44.1 Å². The van der Waals surface area contributed by atoms with Gasteiger partial charge >= 0.3 is 0 Å². The van der Waals surface area contributed by atoms with Crippen LogP contribution in [0.5, 0.6) is 5.75 Å². The Hall–Kier alpha value is -3.23. The van der Waals surface area contributed by atoms with Gasteiger partial charge < -0.3 is 19.5 Å². The molecule has 3 heterocycles. The lowest BCUT2D eigenvalue weighted by Crippen LogP contribution is -2.42. The fourth-order valence-corrected chi connectivity index (χ4v) is 4.15. The van der Waals surface area contributed by atoms with Crippen molar-refractivity contribution in [2.24, 2.45) is 0 Å². The first kappa shape index (κ1) is 22.9. The van der Waals surface area contributed by atoms with E-state index in [1.807, 2.05) is 13.0 Å². The molecule has 33 heavy (non-hydrogen) atoms. The SMILES string of the molecule is CCCOc1ccc(/C(O)=C2\C(=O)C(=O)N(CCN3CCOCC3)[C@@H]2c2cccnc2)cc1. The summed E-state index contributed by atoms with van der Waals surface area (Å²) in [6, 6.07) is 9.77. The number of hydrogen-bond acceptors (Lipinski definition) is 7. The molecule has 1 N–H and O–H groups in total. The highest BCUT2D eigenvalue weighted by atomic mass is 16.5. The highest BCUT2D eigenvalue weighted by Gasteiger charge is 2.46. The zero-order valence-corrected chi connectivity index (χ0v) is 18.8. The summed E-state index contributed by atoms with van der Waals surface area (Å²) in [5, 5.41) is 11.1. The summed E-state index contributed by atoms with van der Waals surface area (Å²) in [6.45, 7) is 6.49. The molecular formula is C25H29N3O5. The van der Waals surface area contributed by atoms with Crippen LogP contribution in [0.15, 0.2) is 54.4 Å². The molecule has 2 aliphatic heterocycles. The molecule has 2 aliphatic rings. The Bertz CT molecular complexity index is 1000. The average Bonchev–Trinajstić information content (AvgIpc) is 3.12. The monoisotopic (exact) mass is 451 g/mol. The number of carbonyl (C=O) groups excluding carboxylic acids is 2. The molecule has 8 heteroatoms. The summed E-state index contributed by atoms with van der Waals surface area (Å²) in [5.74, 6) is -0.808. The van der Waals surface area contributed by atoms with Crippen molar-refractivity contribution >= 4 is 17.4 Å². The second-order valence-corrected chi connectivity index (χ2v) is 8.11. The van der Waals surface area contributed by atoms with E-state index in [0.717, 1.165) is 19.5 Å². The number of nitrogens with zero attached hydrogens (tertiary/aromatic N) is 3. The number of hydrogen-bond donors (Lipinski definition) is 1. The van der Waals surface area contributed by atoms with Gasteiger partial charge in [-0.2, -0.15) is 0 Å². The molecule has 0 saturated carbocycles. The molecule has 0 spiro atoms. The minimum absolute atomic E-state index is 0.0807. The highest BCUT2D eigenvalue weighted by molar-refractivity contribution is 6.46. The van der Waals surface area contributed by atoms with Crippen LogP contribution in [-0.2, 0) is 14.3 Å². The van der Waals surface area contributed by atoms with Crippen LogP contribution in [0.2, 0.25) is 0 Å². The standard InChI is InChI=1S/C25H29N3O5/c1-2-14-33-20-7-5-18(6-8-20)23(29)21-22(19-4-3-9-26-17-19)28(25(31)24(21)30)11-10-27-12-15-32-16-13-27/h3-9,17,22,29H,2,10-16H2,1H3/b23-21+/t22-/m1/s1. The van der Waals surface area contributed by atoms with E-state index in [2.05, 4.69) is 9.88 Å². The van der Waals surface area contributed by atoms with Crippen molar-refractivity contribution in [2.75, 3.05) is 46.0 Å². The van der Waals surface area contributed by atoms with E-state index in [-0.39, 0.29) is 11.3 Å². The number of carbonyl (C=O) groups is 2. The van der Waals surface area contributed by atoms with Crippen molar-refractivity contribution in [2.45, 2.75) is 19.4 Å². The smallest absolute Gasteiger partial charge is 0.295 e. The third-order valence-corrected chi connectivity index (χ3v) is 5.90. The van der Waals surface area contributed by atoms with Crippen molar-refractivity contribution in [3.8, 4) is 5.75 Å². The fraction of sp³-hybridized carbons (Fsp3) is 0.400. The number of amides is 1. The van der Waals surface area contributed by atoms with Crippen LogP contribution in [0.4, 0.5) is 0 Å². The molecule has 0 radical (unpaired) electrons. The molecule has 2 saturated heterocycles. The number of likely N-dealkylation sites (tertiary alicyclic amines) is 1. The van der Waals surface area contributed by atoms with Gasteiger partial charge in [0.15, 0.2) is 0 Å². The molecule has 0 aliphatic carbocycles. The molecule has 1 aromatic carbocycles. The van der Waals surface area contributed by atoms with E-state index in [9.17, 15) is 14.7 Å². The summed E-state index contributed by atoms with van der Waals surface area (Å²) in [7, 11) is 0. The number of rotatable bonds is 8. The molecule has 0 bridgehead atoms. The van der Waals surface area contributed by atoms with Gasteiger partial charge in [0.1, 0.15) is 11.5 Å². The third-order valence-electron chi connectivity index (χ3n) is 5.90. The van der Waals surface area contributed by atoms with Gasteiger partial charge in [-0.25, -0.2) is 0 Å². The Morgan fingerprint density at radius 3 is 2.58 bits per heavy atom. The van der Waals surface area contributed by atoms with Gasteiger partial charge in [-0.1, -0.05) is 13.0 Å². The first-order chi connectivity index (χ1) is 16.1. The molecular weight excluding hydrogens is 422 g/mol. The topological polar surface area (TPSA) is 92.2 Å². The Morgan fingerprint density at radius 2 is 1.91 bits per heavy atom. The maximum atomic E-state index is 13.1. The van der Waals surface area contributed by atoms with Gasteiger partial charge in [0.25, 0.3) is 11.7 Å². The average molecular weight is 452 g/mol. The van der Waals surface area contributed by atoms with E-state index < -0.39 is 17.7 Å². The van der Waals surface area contributed by atoms with Crippen molar-refractivity contribution < 1.29 is 24.2 Å². The van der Waals surface area contributed by atoms with Gasteiger partial charge in [-0.3, -0.25) is 19.5 Å². The van der Waals surface area contributed by atoms with E-state index in [4.69, 9.17) is 9.47 Å². The molecule has 1 aromatic heterocycles. The van der Waals surface area contributed by atoms with Crippen LogP contribution in [0, 0.1) is 0 Å². The van der Waals surface area contributed by atoms with Crippen molar-refractivity contribution in [3.63, 3.8) is 0 Å². The molecule has 1 amide bonds. The molecule has 174 valence electrons. The number of ketones is 1. The van der Waals surface area contributed by atoms with Crippen LogP contribution in [0.25, 0.3) is 5.76 Å². The maximum Gasteiger partial charge on any atom is 0.295 e. The van der Waals surface area contributed by atoms with Crippen molar-refractivity contribution in [1.29, 1.82) is 0 Å². The largest absolute Gasteiger partial charge is 0.507 e. The summed E-state index contributed by atoms with van der Waals surface area (Å²) in [5.41, 5.74) is 1.22. The zero-order valence-electron chi connectivity index (χ0n) is 18.8. The van der Waals surface area contributed by atoms with E-state index in [1.165, 1.54) is 0 Å². The molecule has 2 fully saturated rings. The normalized spacial score (nSPS) is 20.9. The maximum absolute atomic E-state index is 13.1. The first-order valence-corrected chi connectivity index (χ1v) is 11.3. The van der Waals surface area contributed by atoms with Gasteiger partial charge in [-0.15, -0.1) is 0 Å². The summed E-state index contributed by atoms with van der Waals surface area (Å²) in [6.07, 6.45) is 4.16. The number of aromatic nitrogens is 1. The number of aliphatic hydroxyl groups is 1. The van der Waals surface area contributed by atoms with Crippen LogP contribution < -0.4 is 4.74 Å². The van der Waals surface area contributed by atoms with Crippen LogP contribution in [0.3, 0.4) is 0 Å². The molecule has 4 rings (SSSR count). The number of Topliss-reactive ketones (excluding diaryl/α,β-unsaturated/α-hetero) is 1. The van der Waals surface area contributed by atoms with E-state index in [1.54, 1.807) is 47.6 Å². The number of morpholine rings is 1. The van der Waals surface area contributed by atoms with Gasteiger partial charge in [0.2, 0.25) is 0 Å². The Morgan fingerprint density at radius 1 is 1.15 bits per heavy atom. The third kappa shape index (κ3) is 5.07.